The smallest absolute Gasteiger partial charge is 0.118 e. The van der Waals surface area contributed by atoms with E-state index in [1.165, 1.54) is 24.8 Å². The van der Waals surface area contributed by atoms with Crippen molar-refractivity contribution in [3.8, 4) is 5.75 Å². The molecule has 0 saturated carbocycles. The molecular formula is C15H25Cl2NO. The number of benzene rings is 1. The molecule has 0 bridgehead atoms. The zero-order valence-corrected chi connectivity index (χ0v) is 13.6. The molecule has 0 aliphatic heterocycles. The molecule has 1 atom stereocenters. The number of halogens is 2. The molecule has 4 heteroatoms. The Kier molecular flexibility index (Phi) is 10.1. The monoisotopic (exact) mass is 305 g/mol. The van der Waals surface area contributed by atoms with Gasteiger partial charge in [0.15, 0.2) is 0 Å². The van der Waals surface area contributed by atoms with Crippen molar-refractivity contribution >= 4 is 24.0 Å². The topological polar surface area (TPSA) is 12.5 Å². The maximum atomic E-state index is 6.39. The summed E-state index contributed by atoms with van der Waals surface area (Å²) >= 11 is 6.39. The van der Waals surface area contributed by atoms with Gasteiger partial charge in [0.2, 0.25) is 0 Å². The molecular weight excluding hydrogens is 281 g/mol. The van der Waals surface area contributed by atoms with E-state index in [4.69, 9.17) is 16.3 Å². The summed E-state index contributed by atoms with van der Waals surface area (Å²) in [6, 6.07) is 8.04. The Bertz CT molecular complexity index is 327. The molecule has 0 amide bonds. The van der Waals surface area contributed by atoms with Gasteiger partial charge in [-0.25, -0.2) is 0 Å². The molecule has 19 heavy (non-hydrogen) atoms. The van der Waals surface area contributed by atoms with E-state index < -0.39 is 0 Å². The number of methoxy groups -OCH3 is 1. The van der Waals surface area contributed by atoms with Crippen molar-refractivity contribution in [3.05, 3.63) is 29.8 Å². The van der Waals surface area contributed by atoms with Crippen molar-refractivity contribution < 1.29 is 4.74 Å². The minimum Gasteiger partial charge on any atom is -0.497 e. The maximum absolute atomic E-state index is 6.39. The van der Waals surface area contributed by atoms with Gasteiger partial charge in [0.05, 0.1) is 12.5 Å². The third kappa shape index (κ3) is 7.66. The van der Waals surface area contributed by atoms with Gasteiger partial charge in [-0.15, -0.1) is 24.0 Å². The number of hydrogen-bond acceptors (Lipinski definition) is 2. The lowest BCUT2D eigenvalue weighted by atomic mass is 10.1. The van der Waals surface area contributed by atoms with Crippen LogP contribution in [0.25, 0.3) is 0 Å². The summed E-state index contributed by atoms with van der Waals surface area (Å²) in [4.78, 5) is 2.22. The van der Waals surface area contributed by atoms with Crippen molar-refractivity contribution in [2.24, 2.45) is 0 Å². The van der Waals surface area contributed by atoms with Crippen molar-refractivity contribution in [1.82, 2.24) is 4.90 Å². The van der Waals surface area contributed by atoms with Crippen LogP contribution in [0.2, 0.25) is 0 Å². The molecule has 0 spiro atoms. The average Bonchev–Trinajstić information content (AvgIpc) is 2.38. The summed E-state index contributed by atoms with van der Waals surface area (Å²) in [6.45, 7) is 1.16. The lowest BCUT2D eigenvalue weighted by Crippen LogP contribution is -2.12. The zero-order chi connectivity index (χ0) is 13.4. The first-order chi connectivity index (χ1) is 8.63. The highest BCUT2D eigenvalue weighted by atomic mass is 35.5. The second-order valence-electron chi connectivity index (χ2n) is 4.89. The largest absolute Gasteiger partial charge is 0.497 e. The molecule has 1 rings (SSSR count). The highest BCUT2D eigenvalue weighted by molar-refractivity contribution is 6.20. The van der Waals surface area contributed by atoms with Crippen molar-refractivity contribution in [2.45, 2.75) is 31.1 Å². The molecule has 0 fully saturated rings. The Morgan fingerprint density at radius 1 is 1.11 bits per heavy atom. The van der Waals surface area contributed by atoms with Gasteiger partial charge in [-0.05, 0) is 51.2 Å². The summed E-state index contributed by atoms with van der Waals surface area (Å²) in [6.07, 6.45) is 4.73. The lowest BCUT2D eigenvalue weighted by molar-refractivity contribution is 0.390. The number of alkyl halides is 1. The van der Waals surface area contributed by atoms with Crippen LogP contribution < -0.4 is 4.74 Å². The Balaban J connectivity index is 0.00000324. The molecule has 110 valence electrons. The van der Waals surface area contributed by atoms with E-state index in [1.807, 2.05) is 12.1 Å². The minimum absolute atomic E-state index is 0. The van der Waals surface area contributed by atoms with Crippen LogP contribution in [-0.2, 0) is 0 Å². The summed E-state index contributed by atoms with van der Waals surface area (Å²) < 4.78 is 5.14. The van der Waals surface area contributed by atoms with Crippen LogP contribution in [0.5, 0.6) is 5.75 Å². The van der Waals surface area contributed by atoms with E-state index in [0.717, 1.165) is 18.7 Å². The molecule has 1 aromatic rings. The second kappa shape index (κ2) is 10.4. The Hall–Kier alpha value is -0.440. The van der Waals surface area contributed by atoms with E-state index in [1.54, 1.807) is 7.11 Å². The summed E-state index contributed by atoms with van der Waals surface area (Å²) in [7, 11) is 5.90. The lowest BCUT2D eigenvalue weighted by Gasteiger charge is -2.12. The van der Waals surface area contributed by atoms with Crippen LogP contribution in [-0.4, -0.2) is 32.6 Å². The predicted molar refractivity (Wildman–Crippen MR) is 85.9 cm³/mol. The van der Waals surface area contributed by atoms with Gasteiger partial charge < -0.3 is 9.64 Å². The fourth-order valence-corrected chi connectivity index (χ4v) is 2.21. The van der Waals surface area contributed by atoms with E-state index >= 15 is 0 Å². The molecule has 0 N–H and O–H groups in total. The van der Waals surface area contributed by atoms with Crippen molar-refractivity contribution in [1.29, 1.82) is 0 Å². The van der Waals surface area contributed by atoms with Crippen LogP contribution in [0.15, 0.2) is 24.3 Å². The molecule has 0 heterocycles. The summed E-state index contributed by atoms with van der Waals surface area (Å²) in [5, 5.41) is 0.121. The highest BCUT2D eigenvalue weighted by Crippen LogP contribution is 2.27. The van der Waals surface area contributed by atoms with Gasteiger partial charge in [-0.2, -0.15) is 0 Å². The van der Waals surface area contributed by atoms with Crippen LogP contribution in [0, 0.1) is 0 Å². The molecule has 0 radical (unpaired) electrons. The van der Waals surface area contributed by atoms with Crippen LogP contribution in [0.4, 0.5) is 0 Å². The molecule has 1 unspecified atom stereocenters. The normalized spacial score (nSPS) is 12.1. The number of ether oxygens (including phenoxy) is 1. The van der Waals surface area contributed by atoms with Gasteiger partial charge in [-0.1, -0.05) is 25.0 Å². The van der Waals surface area contributed by atoms with Gasteiger partial charge in [0.25, 0.3) is 0 Å². The Morgan fingerprint density at radius 3 is 2.26 bits per heavy atom. The SMILES string of the molecule is COc1ccc(C(Cl)CCCCCN(C)C)cc1.Cl. The number of nitrogens with zero attached hydrogens (tertiary/aromatic N) is 1. The van der Waals surface area contributed by atoms with Crippen molar-refractivity contribution in [2.75, 3.05) is 27.7 Å². The molecule has 0 aromatic heterocycles. The van der Waals surface area contributed by atoms with Crippen molar-refractivity contribution in [3.63, 3.8) is 0 Å². The highest BCUT2D eigenvalue weighted by Gasteiger charge is 2.07. The van der Waals surface area contributed by atoms with Crippen LogP contribution >= 0.6 is 24.0 Å². The van der Waals surface area contributed by atoms with Gasteiger partial charge in [-0.3, -0.25) is 0 Å². The fourth-order valence-electron chi connectivity index (χ4n) is 1.91. The van der Waals surface area contributed by atoms with Gasteiger partial charge in [0, 0.05) is 0 Å². The Morgan fingerprint density at radius 2 is 1.74 bits per heavy atom. The van der Waals surface area contributed by atoms with E-state index in [9.17, 15) is 0 Å². The quantitative estimate of drug-likeness (QED) is 0.517. The third-order valence-electron chi connectivity index (χ3n) is 3.04. The molecule has 1 aromatic carbocycles. The summed E-state index contributed by atoms with van der Waals surface area (Å²) in [5.74, 6) is 0.883. The fraction of sp³-hybridized carbons (Fsp3) is 0.600. The standard InChI is InChI=1S/C15H24ClNO.ClH/c1-17(2)12-6-4-5-7-15(16)13-8-10-14(18-3)11-9-13;/h8-11,15H,4-7,12H2,1-3H3;1H. The first kappa shape index (κ1) is 18.6. The van der Waals surface area contributed by atoms with Gasteiger partial charge >= 0.3 is 0 Å². The molecule has 2 nitrogen and oxygen atoms in total. The number of rotatable bonds is 8. The Labute approximate surface area is 128 Å². The molecule has 0 saturated heterocycles. The maximum Gasteiger partial charge on any atom is 0.118 e. The van der Waals surface area contributed by atoms with E-state index in [0.29, 0.717) is 0 Å². The average molecular weight is 306 g/mol. The minimum atomic E-state index is 0. The summed E-state index contributed by atoms with van der Waals surface area (Å²) in [5.41, 5.74) is 1.19. The second-order valence-corrected chi connectivity index (χ2v) is 5.42. The third-order valence-corrected chi connectivity index (χ3v) is 3.51. The first-order valence-corrected chi connectivity index (χ1v) is 7.00. The van der Waals surface area contributed by atoms with Crippen LogP contribution in [0.1, 0.15) is 36.6 Å². The van der Waals surface area contributed by atoms with Gasteiger partial charge in [0.1, 0.15) is 5.75 Å². The van der Waals surface area contributed by atoms with E-state index in [2.05, 4.69) is 31.1 Å². The molecule has 0 aliphatic rings. The number of unbranched alkanes of at least 4 members (excludes halogenated alkanes) is 2. The number of hydrogen-bond donors (Lipinski definition) is 0. The predicted octanol–water partition coefficient (Wildman–Crippen LogP) is 4.52. The van der Waals surface area contributed by atoms with Crippen LogP contribution in [0.3, 0.4) is 0 Å². The first-order valence-electron chi connectivity index (χ1n) is 6.56. The molecule has 0 aliphatic carbocycles. The zero-order valence-electron chi connectivity index (χ0n) is 12.1. The van der Waals surface area contributed by atoms with E-state index in [-0.39, 0.29) is 17.8 Å².